The maximum atomic E-state index is 11.2. The van der Waals surface area contributed by atoms with E-state index in [-0.39, 0.29) is 24.9 Å². The van der Waals surface area contributed by atoms with Gasteiger partial charge in [0.15, 0.2) is 0 Å². The second kappa shape index (κ2) is 4.73. The summed E-state index contributed by atoms with van der Waals surface area (Å²) in [4.78, 5) is 24.1. The molecular weight excluding hydrogens is 242 g/mol. The van der Waals surface area contributed by atoms with Crippen LogP contribution in [0.1, 0.15) is 5.56 Å². The highest BCUT2D eigenvalue weighted by Crippen LogP contribution is 2.23. The number of benzene rings is 1. The smallest absolute Gasteiger partial charge is 0.240 e. The Bertz CT molecular complexity index is 440. The second-order valence-corrected chi connectivity index (χ2v) is 4.33. The second-order valence-electron chi connectivity index (χ2n) is 3.92. The quantitative estimate of drug-likeness (QED) is 0.590. The molecule has 3 N–H and O–H groups in total. The molecule has 2 amide bonds. The molecule has 17 heavy (non-hydrogen) atoms. The summed E-state index contributed by atoms with van der Waals surface area (Å²) in [5.74, 6) is -0.598. The van der Waals surface area contributed by atoms with Gasteiger partial charge in [0.25, 0.3) is 0 Å². The van der Waals surface area contributed by atoms with Gasteiger partial charge in [-0.3, -0.25) is 19.8 Å². The van der Waals surface area contributed by atoms with Crippen molar-refractivity contribution in [2.75, 3.05) is 18.8 Å². The van der Waals surface area contributed by atoms with Crippen LogP contribution in [0.2, 0.25) is 5.02 Å². The van der Waals surface area contributed by atoms with Crippen molar-refractivity contribution in [1.29, 1.82) is 0 Å². The van der Waals surface area contributed by atoms with Crippen LogP contribution in [-0.4, -0.2) is 29.8 Å². The Kier molecular flexibility index (Phi) is 3.31. The molecule has 0 spiro atoms. The van der Waals surface area contributed by atoms with Crippen molar-refractivity contribution in [3.05, 3.63) is 28.8 Å². The van der Waals surface area contributed by atoms with E-state index >= 15 is 0 Å². The minimum Gasteiger partial charge on any atom is -0.398 e. The number of halogens is 1. The summed E-state index contributed by atoms with van der Waals surface area (Å²) >= 11 is 6.03. The predicted molar refractivity (Wildman–Crippen MR) is 64.3 cm³/mol. The molecule has 90 valence electrons. The summed E-state index contributed by atoms with van der Waals surface area (Å²) in [6, 6.07) is 5.24. The molecule has 0 aromatic heterocycles. The molecule has 0 saturated carbocycles. The topological polar surface area (TPSA) is 75.4 Å². The van der Waals surface area contributed by atoms with Crippen molar-refractivity contribution in [1.82, 2.24) is 10.2 Å². The first kappa shape index (κ1) is 11.9. The minimum atomic E-state index is -0.299. The zero-order chi connectivity index (χ0) is 12.4. The molecule has 0 aliphatic carbocycles. The molecule has 2 rings (SSSR count). The maximum absolute atomic E-state index is 11.2. The molecule has 1 aromatic carbocycles. The summed E-state index contributed by atoms with van der Waals surface area (Å²) in [5, 5.41) is 2.79. The molecule has 0 radical (unpaired) electrons. The van der Waals surface area contributed by atoms with Crippen LogP contribution in [0, 0.1) is 0 Å². The van der Waals surface area contributed by atoms with Crippen molar-refractivity contribution in [3.8, 4) is 0 Å². The van der Waals surface area contributed by atoms with Gasteiger partial charge in [-0.25, -0.2) is 0 Å². The van der Waals surface area contributed by atoms with E-state index in [1.165, 1.54) is 0 Å². The van der Waals surface area contributed by atoms with Crippen molar-refractivity contribution in [3.63, 3.8) is 0 Å². The number of hydrogen-bond donors (Lipinski definition) is 2. The number of hydrogen-bond acceptors (Lipinski definition) is 4. The van der Waals surface area contributed by atoms with Gasteiger partial charge < -0.3 is 5.73 Å². The fourth-order valence-electron chi connectivity index (χ4n) is 1.77. The van der Waals surface area contributed by atoms with Crippen LogP contribution in [0.5, 0.6) is 0 Å². The number of anilines is 1. The van der Waals surface area contributed by atoms with Crippen molar-refractivity contribution in [2.24, 2.45) is 0 Å². The molecule has 5 nitrogen and oxygen atoms in total. The van der Waals surface area contributed by atoms with E-state index in [4.69, 9.17) is 17.3 Å². The lowest BCUT2D eigenvalue weighted by Gasteiger charge is -2.26. The number of carbonyl (C=O) groups is 2. The Morgan fingerprint density at radius 1 is 1.29 bits per heavy atom. The van der Waals surface area contributed by atoms with Gasteiger partial charge in [-0.1, -0.05) is 17.7 Å². The lowest BCUT2D eigenvalue weighted by Crippen LogP contribution is -2.50. The van der Waals surface area contributed by atoms with Crippen molar-refractivity contribution < 1.29 is 9.59 Å². The third-order valence-corrected chi connectivity index (χ3v) is 2.90. The van der Waals surface area contributed by atoms with E-state index in [2.05, 4.69) is 5.32 Å². The molecule has 0 bridgehead atoms. The van der Waals surface area contributed by atoms with Gasteiger partial charge in [0.05, 0.1) is 13.1 Å². The van der Waals surface area contributed by atoms with Gasteiger partial charge in [0.2, 0.25) is 11.8 Å². The molecule has 1 fully saturated rings. The van der Waals surface area contributed by atoms with E-state index in [1.54, 1.807) is 23.1 Å². The van der Waals surface area contributed by atoms with Crippen molar-refractivity contribution >= 4 is 29.1 Å². The minimum absolute atomic E-state index is 0.177. The number of nitrogen functional groups attached to an aromatic ring is 1. The molecule has 1 heterocycles. The Hall–Kier alpha value is -1.59. The number of carbonyl (C=O) groups excluding carboxylic acids is 2. The predicted octanol–water partition coefficient (Wildman–Crippen LogP) is 0.381. The standard InChI is InChI=1S/C11H12ClN3O2/c12-8-2-1-3-9(13)7(8)4-15-5-10(16)14-11(17)6-15/h1-3H,4-6,13H2,(H,14,16,17). The molecule has 0 unspecified atom stereocenters. The lowest BCUT2D eigenvalue weighted by molar-refractivity contribution is -0.136. The van der Waals surface area contributed by atoms with Gasteiger partial charge in [-0.05, 0) is 12.1 Å². The molecule has 1 aromatic rings. The van der Waals surface area contributed by atoms with Crippen LogP contribution >= 0.6 is 11.6 Å². The maximum Gasteiger partial charge on any atom is 0.240 e. The Morgan fingerprint density at radius 2 is 1.94 bits per heavy atom. The summed E-state index contributed by atoms with van der Waals surface area (Å²) in [5.41, 5.74) is 7.12. The Labute approximate surface area is 104 Å². The molecule has 1 saturated heterocycles. The Morgan fingerprint density at radius 3 is 2.53 bits per heavy atom. The molecule has 1 aliphatic heterocycles. The first-order valence-electron chi connectivity index (χ1n) is 5.14. The van der Waals surface area contributed by atoms with Crippen LogP contribution in [0.25, 0.3) is 0 Å². The van der Waals surface area contributed by atoms with Gasteiger partial charge >= 0.3 is 0 Å². The van der Waals surface area contributed by atoms with E-state index in [1.807, 2.05) is 0 Å². The fourth-order valence-corrected chi connectivity index (χ4v) is 2.02. The highest BCUT2D eigenvalue weighted by Gasteiger charge is 2.23. The van der Waals surface area contributed by atoms with Crippen LogP contribution in [0.4, 0.5) is 5.69 Å². The van der Waals surface area contributed by atoms with Gasteiger partial charge in [0, 0.05) is 22.8 Å². The number of rotatable bonds is 2. The Balaban J connectivity index is 2.15. The molecule has 0 atom stereocenters. The first-order valence-corrected chi connectivity index (χ1v) is 5.52. The summed E-state index contributed by atoms with van der Waals surface area (Å²) < 4.78 is 0. The highest BCUT2D eigenvalue weighted by molar-refractivity contribution is 6.31. The highest BCUT2D eigenvalue weighted by atomic mass is 35.5. The zero-order valence-corrected chi connectivity index (χ0v) is 9.83. The SMILES string of the molecule is Nc1cccc(Cl)c1CN1CC(=O)NC(=O)C1. The fraction of sp³-hybridized carbons (Fsp3) is 0.273. The van der Waals surface area contributed by atoms with E-state index < -0.39 is 0 Å². The van der Waals surface area contributed by atoms with Crippen LogP contribution in [-0.2, 0) is 16.1 Å². The first-order chi connectivity index (χ1) is 8.06. The van der Waals surface area contributed by atoms with Gasteiger partial charge in [-0.15, -0.1) is 0 Å². The third-order valence-electron chi connectivity index (χ3n) is 2.55. The summed E-state index contributed by atoms with van der Waals surface area (Å²) in [6.45, 7) is 0.747. The largest absolute Gasteiger partial charge is 0.398 e. The van der Waals surface area contributed by atoms with Crippen LogP contribution < -0.4 is 11.1 Å². The molecule has 6 heteroatoms. The lowest BCUT2D eigenvalue weighted by atomic mass is 10.1. The summed E-state index contributed by atoms with van der Waals surface area (Å²) in [6.07, 6.45) is 0. The normalized spacial score (nSPS) is 17.0. The number of nitrogens with two attached hydrogens (primary N) is 1. The number of imide groups is 1. The monoisotopic (exact) mass is 253 g/mol. The number of nitrogens with zero attached hydrogens (tertiary/aromatic N) is 1. The zero-order valence-electron chi connectivity index (χ0n) is 9.07. The summed E-state index contributed by atoms with van der Waals surface area (Å²) in [7, 11) is 0. The number of nitrogens with one attached hydrogen (secondary N) is 1. The van der Waals surface area contributed by atoms with Crippen LogP contribution in [0.15, 0.2) is 18.2 Å². The molecular formula is C11H12ClN3O2. The van der Waals surface area contributed by atoms with E-state index in [9.17, 15) is 9.59 Å². The third kappa shape index (κ3) is 2.75. The van der Waals surface area contributed by atoms with Crippen molar-refractivity contribution in [2.45, 2.75) is 6.54 Å². The van der Waals surface area contributed by atoms with E-state index in [0.717, 1.165) is 5.56 Å². The average Bonchev–Trinajstić information content (AvgIpc) is 2.22. The molecule has 1 aliphatic rings. The van der Waals surface area contributed by atoms with Gasteiger partial charge in [0.1, 0.15) is 0 Å². The van der Waals surface area contributed by atoms with Crippen LogP contribution in [0.3, 0.4) is 0 Å². The van der Waals surface area contributed by atoms with E-state index in [0.29, 0.717) is 17.3 Å². The average molecular weight is 254 g/mol. The number of amides is 2. The number of piperazine rings is 1. The van der Waals surface area contributed by atoms with Gasteiger partial charge in [-0.2, -0.15) is 0 Å².